The molecule has 1 fully saturated rings. The number of nitrogens with one attached hydrogen (secondary N) is 2. The zero-order chi connectivity index (χ0) is 18.0. The monoisotopic (exact) mass is 368 g/mol. The summed E-state index contributed by atoms with van der Waals surface area (Å²) >= 11 is 0. The Balaban J connectivity index is 1.74. The molecule has 0 aromatic heterocycles. The van der Waals surface area contributed by atoms with Crippen molar-refractivity contribution in [2.24, 2.45) is 0 Å². The maximum Gasteiger partial charge on any atom is 0.347 e. The molecule has 0 spiro atoms. The quantitative estimate of drug-likeness (QED) is 0.753. The molecular formula is C17H24N2O5S. The molecule has 3 atom stereocenters. The fourth-order valence-corrected chi connectivity index (χ4v) is 4.63. The maximum absolute atomic E-state index is 12.7. The van der Waals surface area contributed by atoms with Gasteiger partial charge in [0.2, 0.25) is 10.0 Å². The van der Waals surface area contributed by atoms with E-state index in [-0.39, 0.29) is 23.6 Å². The van der Waals surface area contributed by atoms with Gasteiger partial charge in [0.25, 0.3) is 0 Å². The fourth-order valence-electron chi connectivity index (χ4n) is 3.23. The van der Waals surface area contributed by atoms with E-state index in [1.807, 2.05) is 6.92 Å². The van der Waals surface area contributed by atoms with E-state index in [0.29, 0.717) is 17.7 Å². The molecule has 25 heavy (non-hydrogen) atoms. The van der Waals surface area contributed by atoms with Crippen LogP contribution < -0.4 is 14.8 Å². The third-order valence-corrected chi connectivity index (χ3v) is 6.12. The minimum absolute atomic E-state index is 0.0921. The molecule has 7 nitrogen and oxygen atoms in total. The van der Waals surface area contributed by atoms with Crippen molar-refractivity contribution in [3.05, 3.63) is 23.8 Å². The number of benzene rings is 1. The molecule has 0 bridgehead atoms. The molecule has 138 valence electrons. The minimum Gasteiger partial charge on any atom is -0.478 e. The molecule has 0 saturated carbocycles. The molecular weight excluding hydrogens is 344 g/mol. The van der Waals surface area contributed by atoms with Crippen molar-refractivity contribution in [3.63, 3.8) is 0 Å². The van der Waals surface area contributed by atoms with E-state index in [0.717, 1.165) is 19.4 Å². The second-order valence-corrected chi connectivity index (χ2v) is 8.16. The molecule has 0 radical (unpaired) electrons. The summed E-state index contributed by atoms with van der Waals surface area (Å²) in [6.45, 7) is 4.90. The molecule has 1 saturated heterocycles. The lowest BCUT2D eigenvalue weighted by molar-refractivity contribution is -0.150. The summed E-state index contributed by atoms with van der Waals surface area (Å²) < 4.78 is 38.7. The molecule has 1 aromatic carbocycles. The first-order chi connectivity index (χ1) is 11.9. The van der Waals surface area contributed by atoms with Crippen LogP contribution in [0.25, 0.3) is 0 Å². The lowest BCUT2D eigenvalue weighted by atomic mass is 10.0. The van der Waals surface area contributed by atoms with Crippen LogP contribution in [0.5, 0.6) is 5.75 Å². The van der Waals surface area contributed by atoms with Gasteiger partial charge in [0, 0.05) is 18.5 Å². The maximum atomic E-state index is 12.7. The normalized spacial score (nSPS) is 25.9. The van der Waals surface area contributed by atoms with Crippen molar-refractivity contribution in [1.82, 2.24) is 10.0 Å². The van der Waals surface area contributed by atoms with E-state index >= 15 is 0 Å². The third kappa shape index (κ3) is 3.96. The Morgan fingerprint density at radius 2 is 2.24 bits per heavy atom. The van der Waals surface area contributed by atoms with Crippen LogP contribution in [0, 0.1) is 0 Å². The van der Waals surface area contributed by atoms with Crippen LogP contribution in [0.15, 0.2) is 23.1 Å². The van der Waals surface area contributed by atoms with Gasteiger partial charge < -0.3 is 14.8 Å². The number of rotatable bonds is 5. The first kappa shape index (κ1) is 18.2. The number of hydrogen-bond acceptors (Lipinski definition) is 6. The smallest absolute Gasteiger partial charge is 0.347 e. The van der Waals surface area contributed by atoms with E-state index in [1.165, 1.54) is 6.07 Å². The summed E-state index contributed by atoms with van der Waals surface area (Å²) in [6, 6.07) is 4.66. The predicted octanol–water partition coefficient (Wildman–Crippen LogP) is 0.972. The van der Waals surface area contributed by atoms with Crippen LogP contribution >= 0.6 is 0 Å². The SMILES string of the molecule is CCOC(=O)C1Cc2cc(S(=O)(=O)NC3CCCNC3C)ccc2O1. The van der Waals surface area contributed by atoms with Crippen LogP contribution in [0.4, 0.5) is 0 Å². The molecule has 2 heterocycles. The second kappa shape index (κ2) is 7.31. The molecule has 1 aromatic rings. The van der Waals surface area contributed by atoms with Gasteiger partial charge in [-0.25, -0.2) is 17.9 Å². The van der Waals surface area contributed by atoms with Gasteiger partial charge in [0.05, 0.1) is 11.5 Å². The largest absolute Gasteiger partial charge is 0.478 e. The van der Waals surface area contributed by atoms with E-state index in [1.54, 1.807) is 19.1 Å². The molecule has 2 N–H and O–H groups in total. The summed E-state index contributed by atoms with van der Waals surface area (Å²) in [5.41, 5.74) is 0.704. The Labute approximate surface area is 148 Å². The molecule has 8 heteroatoms. The van der Waals surface area contributed by atoms with Crippen molar-refractivity contribution in [1.29, 1.82) is 0 Å². The van der Waals surface area contributed by atoms with Gasteiger partial charge in [0.1, 0.15) is 5.75 Å². The van der Waals surface area contributed by atoms with Crippen LogP contribution in [-0.2, 0) is 26.0 Å². The van der Waals surface area contributed by atoms with Crippen LogP contribution in [0.3, 0.4) is 0 Å². The van der Waals surface area contributed by atoms with Crippen LogP contribution in [0.2, 0.25) is 0 Å². The highest BCUT2D eigenvalue weighted by Gasteiger charge is 2.32. The zero-order valence-corrected chi connectivity index (χ0v) is 15.3. The first-order valence-corrected chi connectivity index (χ1v) is 10.1. The van der Waals surface area contributed by atoms with Gasteiger partial charge in [-0.3, -0.25) is 0 Å². The number of ether oxygens (including phenoxy) is 2. The number of hydrogen-bond donors (Lipinski definition) is 2. The van der Waals surface area contributed by atoms with Crippen LogP contribution in [0.1, 0.15) is 32.3 Å². The Kier molecular flexibility index (Phi) is 5.31. The minimum atomic E-state index is -3.62. The lowest BCUT2D eigenvalue weighted by Gasteiger charge is -2.30. The summed E-state index contributed by atoms with van der Waals surface area (Å²) in [6.07, 6.45) is 1.37. The number of piperidine rings is 1. The fraction of sp³-hybridized carbons (Fsp3) is 0.588. The van der Waals surface area contributed by atoms with E-state index in [9.17, 15) is 13.2 Å². The van der Waals surface area contributed by atoms with Gasteiger partial charge in [0.15, 0.2) is 6.10 Å². The van der Waals surface area contributed by atoms with Crippen molar-refractivity contribution < 1.29 is 22.7 Å². The molecule has 3 unspecified atom stereocenters. The predicted molar refractivity (Wildman–Crippen MR) is 92.0 cm³/mol. The van der Waals surface area contributed by atoms with E-state index < -0.39 is 22.1 Å². The number of sulfonamides is 1. The molecule has 2 aliphatic heterocycles. The highest BCUT2D eigenvalue weighted by Crippen LogP contribution is 2.31. The van der Waals surface area contributed by atoms with Gasteiger partial charge in [-0.05, 0) is 57.0 Å². The Bertz CT molecular complexity index is 749. The van der Waals surface area contributed by atoms with Gasteiger partial charge in [-0.1, -0.05) is 0 Å². The average molecular weight is 368 g/mol. The van der Waals surface area contributed by atoms with E-state index in [4.69, 9.17) is 9.47 Å². The van der Waals surface area contributed by atoms with Gasteiger partial charge >= 0.3 is 5.97 Å². The van der Waals surface area contributed by atoms with Crippen molar-refractivity contribution >= 4 is 16.0 Å². The summed E-state index contributed by atoms with van der Waals surface area (Å²) in [4.78, 5) is 12.0. The Hall–Kier alpha value is -1.64. The van der Waals surface area contributed by atoms with Crippen LogP contribution in [-0.4, -0.2) is 45.7 Å². The number of carbonyl (C=O) groups is 1. The average Bonchev–Trinajstić information content (AvgIpc) is 3.00. The molecule has 0 amide bonds. The van der Waals surface area contributed by atoms with Crippen molar-refractivity contribution in [2.45, 2.75) is 56.2 Å². The van der Waals surface area contributed by atoms with Gasteiger partial charge in [-0.15, -0.1) is 0 Å². The highest BCUT2D eigenvalue weighted by molar-refractivity contribution is 7.89. The lowest BCUT2D eigenvalue weighted by Crippen LogP contribution is -2.51. The third-order valence-electron chi connectivity index (χ3n) is 4.63. The molecule has 3 rings (SSSR count). The second-order valence-electron chi connectivity index (χ2n) is 6.45. The van der Waals surface area contributed by atoms with E-state index in [2.05, 4.69) is 10.0 Å². The highest BCUT2D eigenvalue weighted by atomic mass is 32.2. The summed E-state index contributed by atoms with van der Waals surface area (Å²) in [5, 5.41) is 3.28. The van der Waals surface area contributed by atoms with Gasteiger partial charge in [-0.2, -0.15) is 0 Å². The zero-order valence-electron chi connectivity index (χ0n) is 14.4. The topological polar surface area (TPSA) is 93.7 Å². The van der Waals surface area contributed by atoms with Crippen molar-refractivity contribution in [3.8, 4) is 5.75 Å². The van der Waals surface area contributed by atoms with Crippen molar-refractivity contribution in [2.75, 3.05) is 13.2 Å². The summed E-state index contributed by atoms with van der Waals surface area (Å²) in [5.74, 6) is 0.105. The molecule has 2 aliphatic rings. The Morgan fingerprint density at radius 3 is 2.96 bits per heavy atom. The number of fused-ring (bicyclic) bond motifs is 1. The number of esters is 1. The standard InChI is InChI=1S/C17H24N2O5S/c1-3-23-17(20)16-10-12-9-13(6-7-15(12)24-16)25(21,22)19-14-5-4-8-18-11(14)2/h6-7,9,11,14,16,18-19H,3-5,8,10H2,1-2H3. The summed E-state index contributed by atoms with van der Waals surface area (Å²) in [7, 11) is -3.62. The Morgan fingerprint density at radius 1 is 1.44 bits per heavy atom. The first-order valence-electron chi connectivity index (χ1n) is 8.62. The molecule has 0 aliphatic carbocycles. The number of carbonyl (C=O) groups excluding carboxylic acids is 1.